The topological polar surface area (TPSA) is 60.9 Å². The van der Waals surface area contributed by atoms with Crippen LogP contribution in [0.15, 0.2) is 12.4 Å². The maximum absolute atomic E-state index is 4.89. The van der Waals surface area contributed by atoms with Gasteiger partial charge in [-0.25, -0.2) is 14.5 Å². The van der Waals surface area contributed by atoms with Gasteiger partial charge in [-0.1, -0.05) is 13.3 Å². The predicted molar refractivity (Wildman–Crippen MR) is 107 cm³/mol. The van der Waals surface area contributed by atoms with Crippen molar-refractivity contribution >= 4 is 27.2 Å². The monoisotopic (exact) mass is 380 g/mol. The summed E-state index contributed by atoms with van der Waals surface area (Å²) in [4.78, 5) is 12.2. The largest absolute Gasteiger partial charge is 0.269 e. The summed E-state index contributed by atoms with van der Waals surface area (Å²) in [7, 11) is 0. The molecule has 1 aliphatic rings. The fourth-order valence-corrected chi connectivity index (χ4v) is 5.54. The number of aromatic nitrogens is 6. The molecule has 27 heavy (non-hydrogen) atoms. The Hall–Kier alpha value is -2.28. The lowest BCUT2D eigenvalue weighted by Gasteiger charge is -2.20. The van der Waals surface area contributed by atoms with Crippen LogP contribution >= 0.6 is 11.3 Å². The highest BCUT2D eigenvalue weighted by Gasteiger charge is 2.24. The van der Waals surface area contributed by atoms with Crippen LogP contribution in [0.25, 0.3) is 15.9 Å². The Morgan fingerprint density at radius 1 is 1.26 bits per heavy atom. The van der Waals surface area contributed by atoms with Crippen LogP contribution in [0.2, 0.25) is 0 Å². The molecular weight excluding hydrogens is 356 g/mol. The van der Waals surface area contributed by atoms with E-state index in [1.807, 2.05) is 33.8 Å². The molecule has 1 atom stereocenters. The lowest BCUT2D eigenvalue weighted by atomic mass is 9.86. The predicted octanol–water partition coefficient (Wildman–Crippen LogP) is 3.91. The minimum atomic E-state index is 0.773. The number of nitrogens with zero attached hydrogens (tertiary/aromatic N) is 6. The van der Waals surface area contributed by atoms with Crippen LogP contribution in [-0.4, -0.2) is 29.4 Å². The van der Waals surface area contributed by atoms with Gasteiger partial charge in [0.25, 0.3) is 0 Å². The summed E-state index contributed by atoms with van der Waals surface area (Å²) >= 11 is 1.85. The summed E-state index contributed by atoms with van der Waals surface area (Å²) in [5.41, 5.74) is 4.67. The quantitative estimate of drug-likeness (QED) is 0.538. The lowest BCUT2D eigenvalue weighted by Crippen LogP contribution is -2.11. The lowest BCUT2D eigenvalue weighted by molar-refractivity contribution is 0.451. The van der Waals surface area contributed by atoms with Crippen LogP contribution in [0.5, 0.6) is 0 Å². The summed E-state index contributed by atoms with van der Waals surface area (Å²) in [6.07, 6.45) is 7.46. The zero-order valence-electron chi connectivity index (χ0n) is 16.1. The molecule has 0 aromatic carbocycles. The minimum Gasteiger partial charge on any atom is -0.269 e. The Labute approximate surface area is 162 Å². The van der Waals surface area contributed by atoms with Gasteiger partial charge < -0.3 is 0 Å². The van der Waals surface area contributed by atoms with Crippen LogP contribution in [0.4, 0.5) is 0 Å². The fourth-order valence-electron chi connectivity index (χ4n) is 4.25. The molecule has 0 radical (unpaired) electrons. The number of aryl methyl sites for hydroxylation is 5. The van der Waals surface area contributed by atoms with Crippen molar-refractivity contribution < 1.29 is 0 Å². The molecular formula is C20H24N6S. The smallest absolute Gasteiger partial charge is 0.167 e. The fraction of sp³-hybridized carbons (Fsp3) is 0.500. The highest BCUT2D eigenvalue weighted by atomic mass is 32.1. The van der Waals surface area contributed by atoms with Gasteiger partial charge in [-0.2, -0.15) is 5.10 Å². The molecule has 5 rings (SSSR count). The Bertz CT molecular complexity index is 1130. The van der Waals surface area contributed by atoms with Crippen molar-refractivity contribution in [3.05, 3.63) is 40.0 Å². The van der Waals surface area contributed by atoms with Crippen LogP contribution in [-0.2, 0) is 25.8 Å². The van der Waals surface area contributed by atoms with Crippen molar-refractivity contribution in [2.24, 2.45) is 5.92 Å². The van der Waals surface area contributed by atoms with Crippen LogP contribution in [0, 0.1) is 19.8 Å². The third kappa shape index (κ3) is 2.84. The van der Waals surface area contributed by atoms with E-state index in [-0.39, 0.29) is 0 Å². The highest BCUT2D eigenvalue weighted by molar-refractivity contribution is 7.19. The highest BCUT2D eigenvalue weighted by Crippen LogP contribution is 2.39. The molecule has 0 amide bonds. The number of hydrogen-bond donors (Lipinski definition) is 0. The Kier molecular flexibility index (Phi) is 4.00. The van der Waals surface area contributed by atoms with E-state index in [2.05, 4.69) is 35.1 Å². The van der Waals surface area contributed by atoms with Gasteiger partial charge in [0.15, 0.2) is 11.5 Å². The SMILES string of the molecule is CC[C@@H]1CCc2c(sc3ncn4nc(CCn5nc(C)cc5C)nc4c23)C1. The molecule has 0 N–H and O–H groups in total. The summed E-state index contributed by atoms with van der Waals surface area (Å²) in [5, 5.41) is 10.5. The van der Waals surface area contributed by atoms with E-state index in [1.54, 1.807) is 0 Å². The first-order valence-electron chi connectivity index (χ1n) is 9.78. The summed E-state index contributed by atoms with van der Waals surface area (Å²) in [5.74, 6) is 1.68. The molecule has 7 heteroatoms. The molecule has 4 aromatic heterocycles. The molecule has 4 heterocycles. The van der Waals surface area contributed by atoms with E-state index >= 15 is 0 Å². The van der Waals surface area contributed by atoms with Gasteiger partial charge in [-0.05, 0) is 50.7 Å². The van der Waals surface area contributed by atoms with Gasteiger partial charge in [-0.15, -0.1) is 16.4 Å². The van der Waals surface area contributed by atoms with E-state index in [4.69, 9.17) is 4.98 Å². The number of fused-ring (bicyclic) bond motifs is 5. The van der Waals surface area contributed by atoms with Crippen molar-refractivity contribution in [2.75, 3.05) is 0 Å². The maximum atomic E-state index is 4.89. The van der Waals surface area contributed by atoms with Gasteiger partial charge in [0.2, 0.25) is 0 Å². The number of hydrogen-bond acceptors (Lipinski definition) is 5. The first-order valence-corrected chi connectivity index (χ1v) is 10.6. The average molecular weight is 381 g/mol. The van der Waals surface area contributed by atoms with Crippen molar-refractivity contribution in [1.29, 1.82) is 0 Å². The van der Waals surface area contributed by atoms with Crippen molar-refractivity contribution in [3.8, 4) is 0 Å². The summed E-state index contributed by atoms with van der Waals surface area (Å²) < 4.78 is 3.89. The second-order valence-corrected chi connectivity index (χ2v) is 8.73. The summed E-state index contributed by atoms with van der Waals surface area (Å²) in [6.45, 7) is 7.21. The van der Waals surface area contributed by atoms with Crippen molar-refractivity contribution in [3.63, 3.8) is 0 Å². The molecule has 0 spiro atoms. The molecule has 0 saturated carbocycles. The number of rotatable bonds is 4. The van der Waals surface area contributed by atoms with Crippen LogP contribution < -0.4 is 0 Å². The molecule has 0 unspecified atom stereocenters. The van der Waals surface area contributed by atoms with E-state index in [0.717, 1.165) is 47.3 Å². The molecule has 0 fully saturated rings. The Morgan fingerprint density at radius 3 is 2.93 bits per heavy atom. The zero-order valence-corrected chi connectivity index (χ0v) is 16.9. The summed E-state index contributed by atoms with van der Waals surface area (Å²) in [6, 6.07) is 2.10. The Balaban J connectivity index is 1.50. The van der Waals surface area contributed by atoms with Crippen LogP contribution in [0.1, 0.15) is 47.4 Å². The van der Waals surface area contributed by atoms with Gasteiger partial charge in [-0.3, -0.25) is 4.68 Å². The van der Waals surface area contributed by atoms with Crippen molar-refractivity contribution in [1.82, 2.24) is 29.4 Å². The molecule has 0 saturated heterocycles. The van der Waals surface area contributed by atoms with Crippen molar-refractivity contribution in [2.45, 2.75) is 59.4 Å². The standard InChI is InChI=1S/C20H24N6S/c1-4-14-5-6-15-16(10-14)27-20-18(15)19-22-17(24-26(19)11-21-20)7-8-25-13(3)9-12(2)23-25/h9,11,14H,4-8,10H2,1-3H3/t14-/m1/s1. The molecule has 6 nitrogen and oxygen atoms in total. The van der Waals surface area contributed by atoms with Gasteiger partial charge in [0.1, 0.15) is 11.2 Å². The van der Waals surface area contributed by atoms with E-state index in [0.29, 0.717) is 0 Å². The normalized spacial score (nSPS) is 17.1. The van der Waals surface area contributed by atoms with Gasteiger partial charge >= 0.3 is 0 Å². The van der Waals surface area contributed by atoms with Gasteiger partial charge in [0, 0.05) is 23.5 Å². The molecule has 140 valence electrons. The zero-order chi connectivity index (χ0) is 18.5. The van der Waals surface area contributed by atoms with E-state index in [9.17, 15) is 0 Å². The Morgan fingerprint density at radius 2 is 2.15 bits per heavy atom. The van der Waals surface area contributed by atoms with E-state index in [1.165, 1.54) is 40.8 Å². The molecule has 0 bridgehead atoms. The molecule has 0 aliphatic heterocycles. The number of thiophene rings is 1. The minimum absolute atomic E-state index is 0.773. The third-order valence-electron chi connectivity index (χ3n) is 5.76. The first-order chi connectivity index (χ1) is 13.1. The average Bonchev–Trinajstić information content (AvgIpc) is 3.32. The molecule has 4 aromatic rings. The first kappa shape index (κ1) is 16.9. The van der Waals surface area contributed by atoms with Crippen LogP contribution in [0.3, 0.4) is 0 Å². The maximum Gasteiger partial charge on any atom is 0.167 e. The second-order valence-electron chi connectivity index (χ2n) is 7.64. The third-order valence-corrected chi connectivity index (χ3v) is 6.92. The molecule has 1 aliphatic carbocycles. The second kappa shape index (κ2) is 6.41. The van der Waals surface area contributed by atoms with E-state index < -0.39 is 0 Å². The van der Waals surface area contributed by atoms with Gasteiger partial charge in [0.05, 0.1) is 11.1 Å².